The van der Waals surface area contributed by atoms with E-state index in [1.807, 2.05) is 0 Å². The maximum Gasteiger partial charge on any atom is 0.341 e. The van der Waals surface area contributed by atoms with E-state index in [0.717, 1.165) is 0 Å². The molecule has 1 aromatic heterocycles. The van der Waals surface area contributed by atoms with Gasteiger partial charge in [0.25, 0.3) is 0 Å². The second-order valence-electron chi connectivity index (χ2n) is 1.56. The van der Waals surface area contributed by atoms with Gasteiger partial charge in [0, 0.05) is 12.4 Å². The third-order valence-electron chi connectivity index (χ3n) is 0.944. The average molecular weight is 137 g/mol. The van der Waals surface area contributed by atoms with Crippen LogP contribution in [0, 0.1) is 6.33 Å². The van der Waals surface area contributed by atoms with Gasteiger partial charge < -0.3 is 4.74 Å². The summed E-state index contributed by atoms with van der Waals surface area (Å²) in [7, 11) is 1.30. The Morgan fingerprint density at radius 1 is 1.60 bits per heavy atom. The van der Waals surface area contributed by atoms with Crippen LogP contribution < -0.4 is 0 Å². The molecule has 10 heavy (non-hydrogen) atoms. The van der Waals surface area contributed by atoms with Crippen LogP contribution in [0.4, 0.5) is 0 Å². The molecule has 0 aliphatic rings. The molecule has 4 nitrogen and oxygen atoms in total. The first kappa shape index (κ1) is 6.67. The molecule has 1 aromatic rings. The second-order valence-corrected chi connectivity index (χ2v) is 1.56. The standard InChI is InChI=1S/C6H5N2O2/c1-10-6(9)5-2-7-4-8-3-5/h2-3H,1H3. The van der Waals surface area contributed by atoms with Gasteiger partial charge in [-0.2, -0.15) is 0 Å². The first-order chi connectivity index (χ1) is 4.84. The normalized spacial score (nSPS) is 8.90. The maximum absolute atomic E-state index is 10.7. The van der Waals surface area contributed by atoms with Gasteiger partial charge in [-0.05, 0) is 0 Å². The SMILES string of the molecule is COC(=O)c1cn[c]nc1. The third-order valence-corrected chi connectivity index (χ3v) is 0.944. The first-order valence-electron chi connectivity index (χ1n) is 2.61. The van der Waals surface area contributed by atoms with E-state index in [-0.39, 0.29) is 0 Å². The van der Waals surface area contributed by atoms with Crippen molar-refractivity contribution in [3.8, 4) is 0 Å². The molecule has 51 valence electrons. The lowest BCUT2D eigenvalue weighted by Crippen LogP contribution is -2.01. The fourth-order valence-electron chi connectivity index (χ4n) is 0.487. The number of carbonyl (C=O) groups excluding carboxylic acids is 1. The quantitative estimate of drug-likeness (QED) is 0.514. The van der Waals surface area contributed by atoms with E-state index in [0.29, 0.717) is 5.56 Å². The lowest BCUT2D eigenvalue weighted by Gasteiger charge is -1.93. The van der Waals surface area contributed by atoms with E-state index in [1.165, 1.54) is 19.5 Å². The Bertz CT molecular complexity index is 222. The lowest BCUT2D eigenvalue weighted by molar-refractivity contribution is 0.0599. The molecule has 4 heteroatoms. The number of carbonyl (C=O) groups is 1. The number of aromatic nitrogens is 2. The number of ether oxygens (including phenoxy) is 1. The molecular formula is C6H5N2O2. The highest BCUT2D eigenvalue weighted by atomic mass is 16.5. The Morgan fingerprint density at radius 2 is 2.20 bits per heavy atom. The number of methoxy groups -OCH3 is 1. The minimum absolute atomic E-state index is 0.334. The van der Waals surface area contributed by atoms with Gasteiger partial charge in [0.05, 0.1) is 12.7 Å². The number of rotatable bonds is 1. The lowest BCUT2D eigenvalue weighted by atomic mass is 10.4. The summed E-state index contributed by atoms with van der Waals surface area (Å²) in [4.78, 5) is 17.7. The van der Waals surface area contributed by atoms with Crippen LogP contribution >= 0.6 is 0 Å². The van der Waals surface area contributed by atoms with E-state index < -0.39 is 5.97 Å². The summed E-state index contributed by atoms with van der Waals surface area (Å²) in [5.41, 5.74) is 0.334. The highest BCUT2D eigenvalue weighted by Gasteiger charge is 2.02. The van der Waals surface area contributed by atoms with Gasteiger partial charge in [0.2, 0.25) is 0 Å². The number of nitrogens with zero attached hydrogens (tertiary/aromatic N) is 2. The van der Waals surface area contributed by atoms with Gasteiger partial charge in [-0.15, -0.1) is 0 Å². The Kier molecular flexibility index (Phi) is 1.94. The van der Waals surface area contributed by atoms with Crippen LogP contribution in [0.15, 0.2) is 12.4 Å². The molecule has 1 heterocycles. The molecule has 0 aromatic carbocycles. The number of hydrogen-bond acceptors (Lipinski definition) is 4. The summed E-state index contributed by atoms with van der Waals surface area (Å²) in [5, 5.41) is 0. The molecule has 0 atom stereocenters. The van der Waals surface area contributed by atoms with Crippen molar-refractivity contribution in [2.24, 2.45) is 0 Å². The summed E-state index contributed by atoms with van der Waals surface area (Å²) in [6, 6.07) is 0. The van der Waals surface area contributed by atoms with Crippen molar-refractivity contribution in [1.82, 2.24) is 9.97 Å². The van der Waals surface area contributed by atoms with Crippen molar-refractivity contribution >= 4 is 5.97 Å². The summed E-state index contributed by atoms with van der Waals surface area (Å²) in [5.74, 6) is -0.436. The molecule has 0 unspecified atom stereocenters. The smallest absolute Gasteiger partial charge is 0.341 e. The van der Waals surface area contributed by atoms with Crippen LogP contribution in [0.5, 0.6) is 0 Å². The van der Waals surface area contributed by atoms with Crippen LogP contribution in [0.25, 0.3) is 0 Å². The maximum atomic E-state index is 10.7. The van der Waals surface area contributed by atoms with Crippen molar-refractivity contribution in [3.05, 3.63) is 24.3 Å². The van der Waals surface area contributed by atoms with Crippen molar-refractivity contribution in [3.63, 3.8) is 0 Å². The number of hydrogen-bond donors (Lipinski definition) is 0. The average Bonchev–Trinajstić information content (AvgIpc) is 2.05. The van der Waals surface area contributed by atoms with Crippen molar-refractivity contribution in [2.45, 2.75) is 0 Å². The summed E-state index contributed by atoms with van der Waals surface area (Å²) in [6.45, 7) is 0. The molecule has 0 fully saturated rings. The molecule has 1 rings (SSSR count). The van der Waals surface area contributed by atoms with Crippen LogP contribution in [0.3, 0.4) is 0 Å². The summed E-state index contributed by atoms with van der Waals surface area (Å²) in [6.07, 6.45) is 5.00. The zero-order valence-corrected chi connectivity index (χ0v) is 5.37. The molecule has 0 amide bonds. The summed E-state index contributed by atoms with van der Waals surface area (Å²) < 4.78 is 4.40. The molecular weight excluding hydrogens is 132 g/mol. The van der Waals surface area contributed by atoms with Crippen molar-refractivity contribution in [1.29, 1.82) is 0 Å². The highest BCUT2D eigenvalue weighted by Crippen LogP contribution is 1.93. The van der Waals surface area contributed by atoms with E-state index in [2.05, 4.69) is 21.0 Å². The first-order valence-corrected chi connectivity index (χ1v) is 2.61. The Hall–Kier alpha value is -1.45. The van der Waals surface area contributed by atoms with Crippen LogP contribution in [-0.2, 0) is 4.74 Å². The molecule has 0 bridgehead atoms. The zero-order valence-electron chi connectivity index (χ0n) is 5.37. The zero-order chi connectivity index (χ0) is 7.40. The molecule has 0 saturated heterocycles. The van der Waals surface area contributed by atoms with Gasteiger partial charge >= 0.3 is 5.97 Å². The van der Waals surface area contributed by atoms with Crippen molar-refractivity contribution in [2.75, 3.05) is 7.11 Å². The monoisotopic (exact) mass is 137 g/mol. The van der Waals surface area contributed by atoms with Crippen LogP contribution in [0.2, 0.25) is 0 Å². The van der Waals surface area contributed by atoms with Gasteiger partial charge in [-0.1, -0.05) is 0 Å². The molecule has 1 radical (unpaired) electrons. The third kappa shape index (κ3) is 1.28. The fourth-order valence-corrected chi connectivity index (χ4v) is 0.487. The van der Waals surface area contributed by atoms with Gasteiger partial charge in [0.15, 0.2) is 6.33 Å². The molecule has 0 saturated carbocycles. The largest absolute Gasteiger partial charge is 0.465 e. The van der Waals surface area contributed by atoms with Gasteiger partial charge in [0.1, 0.15) is 0 Å². The van der Waals surface area contributed by atoms with Crippen LogP contribution in [0.1, 0.15) is 10.4 Å². The Morgan fingerprint density at radius 3 is 2.70 bits per heavy atom. The van der Waals surface area contributed by atoms with Crippen LogP contribution in [-0.4, -0.2) is 23.0 Å². The molecule has 0 spiro atoms. The van der Waals surface area contributed by atoms with Gasteiger partial charge in [-0.25, -0.2) is 14.8 Å². The van der Waals surface area contributed by atoms with E-state index in [1.54, 1.807) is 0 Å². The van der Waals surface area contributed by atoms with Gasteiger partial charge in [-0.3, -0.25) is 0 Å². The van der Waals surface area contributed by atoms with E-state index in [9.17, 15) is 4.79 Å². The number of esters is 1. The minimum atomic E-state index is -0.436. The topological polar surface area (TPSA) is 52.1 Å². The minimum Gasteiger partial charge on any atom is -0.465 e. The highest BCUT2D eigenvalue weighted by molar-refractivity contribution is 5.88. The predicted molar refractivity (Wildman–Crippen MR) is 32.2 cm³/mol. The Balaban J connectivity index is 2.85. The van der Waals surface area contributed by atoms with E-state index >= 15 is 0 Å². The van der Waals surface area contributed by atoms with Crippen molar-refractivity contribution < 1.29 is 9.53 Å². The molecule has 0 aliphatic heterocycles. The fraction of sp³-hybridized carbons (Fsp3) is 0.167. The predicted octanol–water partition coefficient (Wildman–Crippen LogP) is 0.0634. The van der Waals surface area contributed by atoms with E-state index in [4.69, 9.17) is 0 Å². The summed E-state index contributed by atoms with van der Waals surface area (Å²) >= 11 is 0. The second kappa shape index (κ2) is 2.91. The Labute approximate surface area is 57.9 Å². The molecule has 0 aliphatic carbocycles. The molecule has 0 N–H and O–H groups in total.